The van der Waals surface area contributed by atoms with Crippen molar-refractivity contribution in [1.82, 2.24) is 19.9 Å². The highest BCUT2D eigenvalue weighted by Crippen LogP contribution is 2.42. The Bertz CT molecular complexity index is 1560. The standard InChI is InChI=1S/C31H34N4O4S/c1-18-30(40-19(2)33-18)25-11-8-21-14-22(9-10-24(21)34-25)29-23(20-6-4-3-5-7-20)15-26(31(37)38)35(29)27(17-36)28-16-32-12-13-39-28/h8-11,14-15,17,20,27-28,32H,3-7,12-13,16H2,1-2H3,(H,37,38). The summed E-state index contributed by atoms with van der Waals surface area (Å²) in [5.74, 6) is -0.796. The molecule has 1 aliphatic heterocycles. The number of nitrogens with one attached hydrogen (secondary N) is 1. The van der Waals surface area contributed by atoms with Gasteiger partial charge in [-0.3, -0.25) is 0 Å². The third-order valence-corrected chi connectivity index (χ3v) is 9.30. The molecule has 2 unspecified atom stereocenters. The number of nitrogens with zero attached hydrogens (tertiary/aromatic N) is 3. The van der Waals surface area contributed by atoms with E-state index in [4.69, 9.17) is 9.72 Å². The second-order valence-electron chi connectivity index (χ2n) is 10.8. The maximum absolute atomic E-state index is 12.6. The highest BCUT2D eigenvalue weighted by molar-refractivity contribution is 7.15. The minimum Gasteiger partial charge on any atom is -0.477 e. The summed E-state index contributed by atoms with van der Waals surface area (Å²) in [4.78, 5) is 35.8. The fourth-order valence-corrected chi connectivity index (χ4v) is 7.23. The molecule has 1 saturated carbocycles. The number of aryl methyl sites for hydroxylation is 2. The minimum atomic E-state index is -1.04. The Morgan fingerprint density at radius 1 is 1.15 bits per heavy atom. The van der Waals surface area contributed by atoms with Crippen LogP contribution < -0.4 is 5.32 Å². The minimum absolute atomic E-state index is 0.131. The first-order valence-electron chi connectivity index (χ1n) is 14.1. The largest absolute Gasteiger partial charge is 0.477 e. The Hall–Kier alpha value is -3.40. The van der Waals surface area contributed by atoms with Crippen molar-refractivity contribution in [3.8, 4) is 21.8 Å². The Morgan fingerprint density at radius 2 is 1.98 bits per heavy atom. The Balaban J connectivity index is 1.51. The SMILES string of the molecule is Cc1nc(C)c(-c2ccc3cc(-c4c(C5CCCCC5)cc(C(=O)O)n4C(C=O)C4CNCCO4)ccc3n2)s1. The number of ether oxygens (including phenoxy) is 1. The smallest absolute Gasteiger partial charge is 0.352 e. The van der Waals surface area contributed by atoms with E-state index in [9.17, 15) is 14.7 Å². The molecule has 2 fully saturated rings. The molecular formula is C31H34N4O4S. The molecule has 1 saturated heterocycles. The molecule has 3 aromatic heterocycles. The van der Waals surface area contributed by atoms with E-state index in [0.717, 1.165) is 81.0 Å². The third kappa shape index (κ3) is 4.98. The van der Waals surface area contributed by atoms with Crippen molar-refractivity contribution >= 4 is 34.5 Å². The number of carbonyl (C=O) groups is 2. The lowest BCUT2D eigenvalue weighted by molar-refractivity contribution is -0.115. The predicted octanol–water partition coefficient (Wildman–Crippen LogP) is 5.92. The first kappa shape index (κ1) is 26.8. The third-order valence-electron chi connectivity index (χ3n) is 8.20. The van der Waals surface area contributed by atoms with Crippen LogP contribution in [0.4, 0.5) is 0 Å². The molecule has 0 bridgehead atoms. The molecule has 9 heteroatoms. The van der Waals surface area contributed by atoms with Crippen LogP contribution in [0, 0.1) is 13.8 Å². The van der Waals surface area contributed by atoms with Gasteiger partial charge in [-0.1, -0.05) is 31.4 Å². The van der Waals surface area contributed by atoms with Crippen molar-refractivity contribution in [1.29, 1.82) is 0 Å². The summed E-state index contributed by atoms with van der Waals surface area (Å²) in [5, 5.41) is 15.6. The van der Waals surface area contributed by atoms with Crippen LogP contribution >= 0.6 is 11.3 Å². The van der Waals surface area contributed by atoms with E-state index >= 15 is 0 Å². The summed E-state index contributed by atoms with van der Waals surface area (Å²) in [6, 6.07) is 11.2. The van der Waals surface area contributed by atoms with Crippen molar-refractivity contribution in [2.75, 3.05) is 19.7 Å². The summed E-state index contributed by atoms with van der Waals surface area (Å²) in [5.41, 5.74) is 5.55. The molecule has 4 aromatic rings. The number of aldehydes is 1. The van der Waals surface area contributed by atoms with Crippen LogP contribution in [0.1, 0.15) is 70.8 Å². The van der Waals surface area contributed by atoms with Gasteiger partial charge in [0.1, 0.15) is 18.0 Å². The number of aromatic carboxylic acids is 1. The lowest BCUT2D eigenvalue weighted by atomic mass is 9.83. The van der Waals surface area contributed by atoms with Crippen LogP contribution in [0.15, 0.2) is 36.4 Å². The van der Waals surface area contributed by atoms with Gasteiger partial charge in [0.05, 0.1) is 45.2 Å². The van der Waals surface area contributed by atoms with Crippen molar-refractivity contribution in [2.45, 2.75) is 64.0 Å². The van der Waals surface area contributed by atoms with E-state index in [0.29, 0.717) is 19.7 Å². The van der Waals surface area contributed by atoms with Gasteiger partial charge in [-0.2, -0.15) is 0 Å². The summed E-state index contributed by atoms with van der Waals surface area (Å²) < 4.78 is 7.71. The first-order valence-corrected chi connectivity index (χ1v) is 14.9. The number of hydrogen-bond acceptors (Lipinski definition) is 7. The second kappa shape index (κ2) is 11.2. The molecule has 1 aliphatic carbocycles. The molecular weight excluding hydrogens is 524 g/mol. The lowest BCUT2D eigenvalue weighted by Crippen LogP contribution is -2.44. The zero-order valence-corrected chi connectivity index (χ0v) is 23.7. The maximum Gasteiger partial charge on any atom is 0.352 e. The van der Waals surface area contributed by atoms with E-state index in [1.54, 1.807) is 22.0 Å². The summed E-state index contributed by atoms with van der Waals surface area (Å²) >= 11 is 1.64. The molecule has 0 amide bonds. The monoisotopic (exact) mass is 558 g/mol. The number of fused-ring (bicyclic) bond motifs is 1. The Morgan fingerprint density at radius 3 is 2.65 bits per heavy atom. The maximum atomic E-state index is 12.6. The summed E-state index contributed by atoms with van der Waals surface area (Å²) in [6.07, 6.45) is 5.83. The number of hydrogen-bond donors (Lipinski definition) is 2. The number of pyridine rings is 1. The number of morpholine rings is 1. The summed E-state index contributed by atoms with van der Waals surface area (Å²) in [6.45, 7) is 5.68. The number of rotatable bonds is 7. The molecule has 8 nitrogen and oxygen atoms in total. The molecule has 4 heterocycles. The predicted molar refractivity (Wildman–Crippen MR) is 156 cm³/mol. The highest BCUT2D eigenvalue weighted by atomic mass is 32.1. The molecule has 40 heavy (non-hydrogen) atoms. The normalized spacial score (nSPS) is 19.1. The fourth-order valence-electron chi connectivity index (χ4n) is 6.34. The first-order chi connectivity index (χ1) is 19.4. The van der Waals surface area contributed by atoms with Gasteiger partial charge < -0.3 is 24.5 Å². The molecule has 6 rings (SSSR count). The molecule has 1 aromatic carbocycles. The number of carboxylic acids is 1. The fraction of sp³-hybridized carbons (Fsp3) is 0.419. The van der Waals surface area contributed by atoms with E-state index in [2.05, 4.69) is 22.4 Å². The van der Waals surface area contributed by atoms with Crippen molar-refractivity contribution in [2.24, 2.45) is 0 Å². The van der Waals surface area contributed by atoms with Gasteiger partial charge in [0, 0.05) is 18.5 Å². The van der Waals surface area contributed by atoms with E-state index < -0.39 is 18.1 Å². The number of thiazole rings is 1. The van der Waals surface area contributed by atoms with Gasteiger partial charge in [0.2, 0.25) is 0 Å². The topological polar surface area (TPSA) is 106 Å². The van der Waals surface area contributed by atoms with Crippen LogP contribution in [-0.4, -0.2) is 57.7 Å². The van der Waals surface area contributed by atoms with Gasteiger partial charge in [-0.15, -0.1) is 11.3 Å². The van der Waals surface area contributed by atoms with Crippen molar-refractivity contribution in [3.05, 3.63) is 58.4 Å². The van der Waals surface area contributed by atoms with Gasteiger partial charge in [0.15, 0.2) is 0 Å². The van der Waals surface area contributed by atoms with Gasteiger partial charge >= 0.3 is 5.97 Å². The number of aromatic nitrogens is 3. The van der Waals surface area contributed by atoms with Gasteiger partial charge in [-0.05, 0) is 68.0 Å². The molecule has 0 spiro atoms. The zero-order chi connectivity index (χ0) is 27.8. The average molecular weight is 559 g/mol. The van der Waals surface area contributed by atoms with Gasteiger partial charge in [-0.25, -0.2) is 14.8 Å². The van der Waals surface area contributed by atoms with E-state index in [1.807, 2.05) is 32.0 Å². The number of benzene rings is 1. The second-order valence-corrected chi connectivity index (χ2v) is 12.0. The quantitative estimate of drug-likeness (QED) is 0.271. The molecule has 2 aliphatic rings. The van der Waals surface area contributed by atoms with Gasteiger partial charge in [0.25, 0.3) is 0 Å². The highest BCUT2D eigenvalue weighted by Gasteiger charge is 2.34. The number of carboxylic acid groups (broad SMARTS) is 1. The molecule has 2 atom stereocenters. The Labute approximate surface area is 237 Å². The molecule has 2 N–H and O–H groups in total. The Kier molecular flexibility index (Phi) is 7.53. The van der Waals surface area contributed by atoms with Crippen LogP contribution in [0.5, 0.6) is 0 Å². The lowest BCUT2D eigenvalue weighted by Gasteiger charge is -2.31. The van der Waals surface area contributed by atoms with Crippen molar-refractivity contribution in [3.63, 3.8) is 0 Å². The number of carbonyl (C=O) groups excluding carboxylic acids is 1. The van der Waals surface area contributed by atoms with Crippen molar-refractivity contribution < 1.29 is 19.4 Å². The van der Waals surface area contributed by atoms with E-state index in [1.165, 1.54) is 6.42 Å². The van der Waals surface area contributed by atoms with Crippen LogP contribution in [0.3, 0.4) is 0 Å². The van der Waals surface area contributed by atoms with Crippen LogP contribution in [0.25, 0.3) is 32.7 Å². The summed E-state index contributed by atoms with van der Waals surface area (Å²) in [7, 11) is 0. The zero-order valence-electron chi connectivity index (χ0n) is 22.9. The van der Waals surface area contributed by atoms with E-state index in [-0.39, 0.29) is 11.6 Å². The molecule has 208 valence electrons. The average Bonchev–Trinajstić information content (AvgIpc) is 3.54. The van der Waals surface area contributed by atoms with Crippen LogP contribution in [-0.2, 0) is 9.53 Å². The molecule has 0 radical (unpaired) electrons. The van der Waals surface area contributed by atoms with Crippen LogP contribution in [0.2, 0.25) is 0 Å².